The highest BCUT2D eigenvalue weighted by Crippen LogP contribution is 2.34. The molecule has 1 unspecified atom stereocenters. The lowest BCUT2D eigenvalue weighted by molar-refractivity contribution is -0.136. The molecule has 9 rings (SSSR count). The third kappa shape index (κ3) is 8.61. The summed E-state index contributed by atoms with van der Waals surface area (Å²) in [6.07, 6.45) is 7.21. The van der Waals surface area contributed by atoms with Gasteiger partial charge in [0, 0.05) is 60.5 Å². The number of nitrogens with zero attached hydrogens (tertiary/aromatic N) is 4. The topological polar surface area (TPSA) is 165 Å². The summed E-state index contributed by atoms with van der Waals surface area (Å²) in [5.74, 6) is -4.01. The number of nitrogens with one attached hydrogen (secondary N) is 3. The van der Waals surface area contributed by atoms with E-state index in [4.69, 9.17) is 0 Å². The average molecular weight is 882 g/mol. The zero-order valence-corrected chi connectivity index (χ0v) is 35.2. The number of alkyl halides is 1. The number of halogens is 3. The van der Waals surface area contributed by atoms with Gasteiger partial charge in [0.15, 0.2) is 5.82 Å². The zero-order chi connectivity index (χ0) is 44.0. The van der Waals surface area contributed by atoms with Crippen LogP contribution in [0.15, 0.2) is 73.1 Å². The summed E-state index contributed by atoms with van der Waals surface area (Å²) in [7, 11) is -4.35. The number of unbranched alkanes of at least 4 members (excludes halogenated alkanes) is 1. The van der Waals surface area contributed by atoms with Gasteiger partial charge in [0.1, 0.15) is 23.7 Å². The van der Waals surface area contributed by atoms with Gasteiger partial charge >= 0.3 is 10.2 Å². The smallest absolute Gasteiger partial charge is 0.301 e. The number of hydrogen-bond donors (Lipinski definition) is 3. The molecule has 6 heterocycles. The van der Waals surface area contributed by atoms with Crippen molar-refractivity contribution in [2.45, 2.75) is 76.0 Å². The Kier molecular flexibility index (Phi) is 11.7. The van der Waals surface area contributed by atoms with Crippen molar-refractivity contribution in [2.24, 2.45) is 0 Å². The van der Waals surface area contributed by atoms with Crippen LogP contribution in [-0.2, 0) is 32.8 Å². The van der Waals surface area contributed by atoms with Gasteiger partial charge in [-0.05, 0) is 117 Å². The van der Waals surface area contributed by atoms with Crippen molar-refractivity contribution in [1.29, 1.82) is 0 Å². The quantitative estimate of drug-likeness (QED) is 0.0695. The van der Waals surface area contributed by atoms with Crippen LogP contribution in [0.2, 0.25) is 0 Å². The lowest BCUT2D eigenvalue weighted by atomic mass is 9.88. The monoisotopic (exact) mass is 881 g/mol. The van der Waals surface area contributed by atoms with Crippen LogP contribution in [0.4, 0.5) is 18.9 Å². The number of fused-ring (bicyclic) bond motifs is 2. The fourth-order valence-corrected chi connectivity index (χ4v) is 10.6. The maximum Gasteiger partial charge on any atom is 0.301 e. The van der Waals surface area contributed by atoms with E-state index in [2.05, 4.69) is 38.4 Å². The third-order valence-corrected chi connectivity index (χ3v) is 14.3. The number of aromatic nitrogens is 2. The van der Waals surface area contributed by atoms with E-state index in [-0.39, 0.29) is 43.3 Å². The molecule has 13 nitrogen and oxygen atoms in total. The van der Waals surface area contributed by atoms with E-state index < -0.39 is 57.0 Å². The number of ketones is 1. The number of H-pyrrole nitrogens is 1. The lowest BCUT2D eigenvalue weighted by Gasteiger charge is -2.32. The van der Waals surface area contributed by atoms with Crippen LogP contribution in [0, 0.1) is 11.6 Å². The number of anilines is 1. The van der Waals surface area contributed by atoms with Gasteiger partial charge in [-0.15, -0.1) is 0 Å². The highest BCUT2D eigenvalue weighted by Gasteiger charge is 2.39. The summed E-state index contributed by atoms with van der Waals surface area (Å²) in [4.78, 5) is 62.2. The predicted octanol–water partition coefficient (Wildman–Crippen LogP) is 6.40. The van der Waals surface area contributed by atoms with Crippen LogP contribution < -0.4 is 10.0 Å². The molecule has 0 aliphatic carbocycles. The number of carbonyl (C=O) groups excluding carboxylic acids is 4. The molecule has 3 amide bonds. The van der Waals surface area contributed by atoms with Crippen LogP contribution in [0.3, 0.4) is 0 Å². The molecule has 5 aromatic rings. The molecule has 0 saturated carbocycles. The van der Waals surface area contributed by atoms with Crippen molar-refractivity contribution in [3.05, 3.63) is 118 Å². The molecule has 4 aliphatic heterocycles. The van der Waals surface area contributed by atoms with E-state index in [9.17, 15) is 32.0 Å². The van der Waals surface area contributed by atoms with Gasteiger partial charge in [0.2, 0.25) is 17.6 Å². The number of hydrogen-bond acceptors (Lipinski definition) is 8. The van der Waals surface area contributed by atoms with Gasteiger partial charge in [-0.25, -0.2) is 18.2 Å². The molecule has 3 fully saturated rings. The minimum atomic E-state index is -4.35. The Morgan fingerprint density at radius 2 is 1.70 bits per heavy atom. The van der Waals surface area contributed by atoms with Gasteiger partial charge in [0.25, 0.3) is 5.91 Å². The first kappa shape index (κ1) is 42.4. The number of benzene rings is 3. The standard InChI is InChI=1S/C46H46F3N7O6S/c47-33-16-20-55(26-33)63(61,62)53-38-11-10-37(48)41(42(38)49)43(58)36-24-51-44-35(36)22-31(23-50-44)29-7-5-28(6-8-29)30-14-18-54(19-15-30)17-2-1-3-27-4-9-34-32(21-27)25-56(46(34)60)39-12-13-40(57)52-45(39)59/h4-11,21-24,30,33,39,53H,1-3,12-20,25-26H2,(H,50,51)(H,52,57,59)/t33-,39?/m1/s1. The van der Waals surface area contributed by atoms with Crippen molar-refractivity contribution in [2.75, 3.05) is 37.4 Å². The number of aromatic amines is 1. The van der Waals surface area contributed by atoms with Crippen molar-refractivity contribution in [3.8, 4) is 11.1 Å². The Hall–Kier alpha value is -5.91. The zero-order valence-electron chi connectivity index (χ0n) is 34.3. The Labute approximate surface area is 362 Å². The molecule has 3 saturated heterocycles. The number of amides is 3. The Morgan fingerprint density at radius 3 is 2.44 bits per heavy atom. The highest BCUT2D eigenvalue weighted by molar-refractivity contribution is 7.90. The maximum absolute atomic E-state index is 15.7. The SMILES string of the molecule is O=C1CCC(N2Cc3cc(CCCCN4CCC(c5ccc(-c6cnc7[nH]cc(C(=O)c8c(F)ccc(NS(=O)(=O)N9CC[C@@H](F)C9)c8F)c7c6)cc5)CC4)ccc3C2=O)C(=O)N1. The summed E-state index contributed by atoms with van der Waals surface area (Å²) in [6.45, 7) is 2.88. The molecular formula is C46H46F3N7O6S. The molecule has 4 aliphatic rings. The van der Waals surface area contributed by atoms with Gasteiger partial charge in [-0.3, -0.25) is 29.2 Å². The second kappa shape index (κ2) is 17.3. The molecule has 2 aromatic heterocycles. The Balaban J connectivity index is 0.778. The van der Waals surface area contributed by atoms with E-state index in [0.29, 0.717) is 41.0 Å². The van der Waals surface area contributed by atoms with Crippen molar-refractivity contribution in [3.63, 3.8) is 0 Å². The fraction of sp³-hybridized carbons (Fsp3) is 0.370. The van der Waals surface area contributed by atoms with Gasteiger partial charge in [-0.1, -0.05) is 36.4 Å². The highest BCUT2D eigenvalue weighted by atomic mass is 32.2. The largest absolute Gasteiger partial charge is 0.345 e. The van der Waals surface area contributed by atoms with E-state index in [1.54, 1.807) is 17.2 Å². The van der Waals surface area contributed by atoms with Crippen molar-refractivity contribution < 1.29 is 40.8 Å². The first-order valence-electron chi connectivity index (χ1n) is 21.3. The molecule has 328 valence electrons. The number of pyridine rings is 1. The lowest BCUT2D eigenvalue weighted by Crippen LogP contribution is -2.52. The molecule has 3 N–H and O–H groups in total. The van der Waals surface area contributed by atoms with Gasteiger partial charge in [-0.2, -0.15) is 12.7 Å². The molecule has 63 heavy (non-hydrogen) atoms. The van der Waals surface area contributed by atoms with Crippen LogP contribution in [0.5, 0.6) is 0 Å². The van der Waals surface area contributed by atoms with Crippen molar-refractivity contribution >= 4 is 50.4 Å². The number of carbonyl (C=O) groups is 4. The first-order chi connectivity index (χ1) is 30.3. The minimum absolute atomic E-state index is 0.00473. The molecular weight excluding hydrogens is 836 g/mol. The van der Waals surface area contributed by atoms with E-state index >= 15 is 8.78 Å². The van der Waals surface area contributed by atoms with Crippen LogP contribution >= 0.6 is 0 Å². The molecule has 0 radical (unpaired) electrons. The first-order valence-corrected chi connectivity index (χ1v) is 22.8. The summed E-state index contributed by atoms with van der Waals surface area (Å²) < 4.78 is 73.0. The van der Waals surface area contributed by atoms with Crippen LogP contribution in [0.1, 0.15) is 93.8 Å². The Morgan fingerprint density at radius 1 is 0.905 bits per heavy atom. The second-order valence-electron chi connectivity index (χ2n) is 16.9. The minimum Gasteiger partial charge on any atom is -0.345 e. The van der Waals surface area contributed by atoms with E-state index in [1.165, 1.54) is 17.3 Å². The number of piperidine rings is 2. The van der Waals surface area contributed by atoms with Gasteiger partial charge in [0.05, 0.1) is 11.3 Å². The van der Waals surface area contributed by atoms with E-state index in [0.717, 1.165) is 79.3 Å². The predicted molar refractivity (Wildman–Crippen MR) is 229 cm³/mol. The summed E-state index contributed by atoms with van der Waals surface area (Å²) in [5, 5.41) is 2.69. The maximum atomic E-state index is 15.7. The number of rotatable bonds is 13. The summed E-state index contributed by atoms with van der Waals surface area (Å²) in [6, 6.07) is 17.0. The molecule has 0 bridgehead atoms. The molecule has 2 atom stereocenters. The molecule has 3 aromatic carbocycles. The molecule has 17 heteroatoms. The normalized spacial score (nSPS) is 20.1. The number of aryl methyl sites for hydroxylation is 1. The van der Waals surface area contributed by atoms with Crippen molar-refractivity contribution in [1.82, 2.24) is 29.4 Å². The number of imide groups is 1. The van der Waals surface area contributed by atoms with Gasteiger partial charge < -0.3 is 14.8 Å². The second-order valence-corrected chi connectivity index (χ2v) is 18.5. The average Bonchev–Trinajstić information content (AvgIpc) is 4.00. The molecule has 0 spiro atoms. The third-order valence-electron chi connectivity index (χ3n) is 12.8. The number of likely N-dealkylation sites (tertiary alicyclic amines) is 1. The Bertz CT molecular complexity index is 2740. The summed E-state index contributed by atoms with van der Waals surface area (Å²) >= 11 is 0. The van der Waals surface area contributed by atoms with E-state index in [1.807, 2.05) is 29.0 Å². The summed E-state index contributed by atoms with van der Waals surface area (Å²) in [5.41, 5.74) is 4.22. The fourth-order valence-electron chi connectivity index (χ4n) is 9.32. The van der Waals surface area contributed by atoms with Crippen LogP contribution in [0.25, 0.3) is 22.2 Å². The van der Waals surface area contributed by atoms with Crippen LogP contribution in [-0.4, -0.2) is 101 Å².